The summed E-state index contributed by atoms with van der Waals surface area (Å²) in [6, 6.07) is 28.2. The van der Waals surface area contributed by atoms with Crippen molar-refractivity contribution in [1.29, 1.82) is 0 Å². The van der Waals surface area contributed by atoms with Crippen molar-refractivity contribution in [3.63, 3.8) is 0 Å². The number of fused-ring (bicyclic) bond motifs is 6. The molecule has 2 aromatic heterocycles. The van der Waals surface area contributed by atoms with Crippen LogP contribution in [0.3, 0.4) is 0 Å². The fraction of sp³-hybridized carbons (Fsp3) is 0.475. The van der Waals surface area contributed by atoms with E-state index in [4.69, 9.17) is 7.11 Å². The third kappa shape index (κ3) is 12.3. The number of hydrogen-bond donors (Lipinski definition) is 2. The van der Waals surface area contributed by atoms with Crippen LogP contribution in [0, 0.1) is 50.5 Å². The molecule has 8 aromatic rings. The van der Waals surface area contributed by atoms with E-state index in [2.05, 4.69) is 203 Å². The van der Waals surface area contributed by atoms with Gasteiger partial charge in [-0.15, -0.1) is 0 Å². The van der Waals surface area contributed by atoms with E-state index in [1.54, 1.807) is 12.1 Å². The summed E-state index contributed by atoms with van der Waals surface area (Å²) in [5.74, 6) is 0.890. The smallest absolute Gasteiger partial charge is 0.238 e. The van der Waals surface area contributed by atoms with Crippen molar-refractivity contribution in [3.05, 3.63) is 167 Å². The van der Waals surface area contributed by atoms with E-state index in [0.717, 1.165) is 90.0 Å². The molecule has 0 saturated heterocycles. The molecule has 6 nitrogen and oxygen atoms in total. The summed E-state index contributed by atoms with van der Waals surface area (Å²) in [5, 5.41) is 28.6. The minimum absolute atomic E-state index is 0.00590. The summed E-state index contributed by atoms with van der Waals surface area (Å²) in [7, 11) is 9.39. The summed E-state index contributed by atoms with van der Waals surface area (Å²) in [5.41, 5.74) is 16.0. The number of aromatic nitrogens is 2. The van der Waals surface area contributed by atoms with Gasteiger partial charge in [-0.3, -0.25) is 0 Å². The van der Waals surface area contributed by atoms with E-state index < -0.39 is 11.6 Å². The number of phenolic OH excluding ortho intramolecular Hbond substituents is 2. The van der Waals surface area contributed by atoms with E-state index in [1.807, 2.05) is 13.8 Å². The molecule has 470 valence electrons. The number of nitrogens with zero attached hydrogens (tertiary/aromatic N) is 2. The molecule has 8 heteroatoms. The normalized spacial score (nSPS) is 15.1. The van der Waals surface area contributed by atoms with Crippen LogP contribution in [-0.4, -0.2) is 31.6 Å². The van der Waals surface area contributed by atoms with Crippen molar-refractivity contribution in [1.82, 2.24) is 9.13 Å². The molecule has 0 bridgehead atoms. The third-order valence-electron chi connectivity index (χ3n) is 19.5. The van der Waals surface area contributed by atoms with Gasteiger partial charge in [0.25, 0.3) is 0 Å². The van der Waals surface area contributed by atoms with E-state index in [0.29, 0.717) is 57.0 Å². The summed E-state index contributed by atoms with van der Waals surface area (Å²) < 4.78 is 43.8. The summed E-state index contributed by atoms with van der Waals surface area (Å²) >= 11 is 0. The molecule has 2 aliphatic carbocycles. The molecule has 0 saturated carbocycles. The molecule has 2 atom stereocenters. The molecule has 88 heavy (non-hydrogen) atoms. The van der Waals surface area contributed by atoms with Gasteiger partial charge in [-0.25, -0.2) is 8.78 Å². The van der Waals surface area contributed by atoms with Crippen LogP contribution in [0.2, 0.25) is 0 Å². The largest absolute Gasteiger partial charge is 0.709 e. The van der Waals surface area contributed by atoms with Gasteiger partial charge < -0.3 is 28.1 Å². The Bertz CT molecular complexity index is 3940. The van der Waals surface area contributed by atoms with E-state index >= 15 is 8.78 Å². The maximum atomic E-state index is 16.5. The zero-order valence-corrected chi connectivity index (χ0v) is 56.9. The van der Waals surface area contributed by atoms with Crippen LogP contribution in [0.25, 0.3) is 55.4 Å². The fourth-order valence-corrected chi connectivity index (χ4v) is 15.8. The molecule has 0 spiro atoms. The Balaban J connectivity index is 1.10. The van der Waals surface area contributed by atoms with Crippen molar-refractivity contribution < 1.29 is 27.7 Å². The predicted molar refractivity (Wildman–Crippen MR) is 366 cm³/mol. The highest BCUT2D eigenvalue weighted by Crippen LogP contribution is 2.54. The van der Waals surface area contributed by atoms with Crippen LogP contribution in [0.4, 0.5) is 8.78 Å². The van der Waals surface area contributed by atoms with Crippen molar-refractivity contribution in [2.45, 2.75) is 237 Å². The van der Waals surface area contributed by atoms with Gasteiger partial charge in [0.15, 0.2) is 12.2 Å². The molecular weight excluding hydrogens is 1090 g/mol. The van der Waals surface area contributed by atoms with Gasteiger partial charge in [0.1, 0.15) is 29.6 Å². The Labute approximate surface area is 526 Å². The van der Waals surface area contributed by atoms with Crippen molar-refractivity contribution in [2.75, 3.05) is 0 Å². The first-order valence-corrected chi connectivity index (χ1v) is 32.7. The number of aromatic hydroxyl groups is 2. The topological polar surface area (TPSA) is 55.7 Å². The Kier molecular flexibility index (Phi) is 17.1. The van der Waals surface area contributed by atoms with Gasteiger partial charge in [-0.05, 0) is 219 Å². The number of aryl methyl sites for hydroxylation is 2. The van der Waals surface area contributed by atoms with Gasteiger partial charge >= 0.3 is 0 Å². The second-order valence-electron chi connectivity index (χ2n) is 31.8. The molecular formula is C80H102F2N2O4. The number of hydrogen-bond acceptors (Lipinski definition) is 2. The highest BCUT2D eigenvalue weighted by Gasteiger charge is 2.37. The van der Waals surface area contributed by atoms with E-state index in [-0.39, 0.29) is 56.7 Å². The van der Waals surface area contributed by atoms with Crippen LogP contribution >= 0.6 is 0 Å². The number of halogens is 2. The average Bonchev–Trinajstić information content (AvgIpc) is 1.53. The first-order chi connectivity index (χ1) is 41.0. The lowest BCUT2D eigenvalue weighted by molar-refractivity contribution is -0.0945. The average molecular weight is 1190 g/mol. The first kappa shape index (κ1) is 64.4. The van der Waals surface area contributed by atoms with Crippen LogP contribution in [0.1, 0.15) is 224 Å². The molecule has 0 radical (unpaired) electrons. The molecule has 2 heterocycles. The highest BCUT2D eigenvalue weighted by molar-refractivity contribution is 6.10. The molecule has 10 rings (SSSR count). The fourth-order valence-electron chi connectivity index (χ4n) is 15.8. The standard InChI is InChI=1S/C80H102F2N2O4/c1-47(2)52-30-32-60-61-33-31-53(78(13,14)15)40-69(61)84(68(60)37-52)71-42-55(80(18,19)46-77(10,11)12)39-63(73(71)86)65-44-57(82)35-49(4)75(65)88(21)51(6)36-50(5)87(20)74-48(3)34-56(81)43-64(74)62-38-54(79(16,17)45-76(7,8)9)41-70(72(62)85)83-66-28-24-22-26-58(66)59-27-23-25-29-67(59)83/h30-35,37-44,47,50-51,85-86H,20-29,36,45-46H2,1-19H3. The van der Waals surface area contributed by atoms with Crippen molar-refractivity contribution in [3.8, 4) is 56.6 Å². The van der Waals surface area contributed by atoms with Gasteiger partial charge in [0.2, 0.25) is 11.5 Å². The van der Waals surface area contributed by atoms with Crippen LogP contribution in [0.5, 0.6) is 23.0 Å². The van der Waals surface area contributed by atoms with Gasteiger partial charge in [0, 0.05) is 58.3 Å². The number of phenols is 2. The van der Waals surface area contributed by atoms with Crippen molar-refractivity contribution >= 4 is 21.8 Å². The molecule has 0 aliphatic heterocycles. The zero-order valence-electron chi connectivity index (χ0n) is 56.9. The SMILES string of the molecule is [CH2-][O+](c1c(C)cc(F)cc1-c1cc(C(C)(C)CC(C)(C)C)cc(-n2c3c(c4c2CCCC4)CCCC3)c1O)C(C)CC(C)[O+]([CH2-])c1c(C)cc(F)cc1-c1cc(C(C)(C)CC(C)(C)C)cc(-n2c3cc(C(C)C)ccc3c3ccc(C(C)(C)C)cc32)c1O. The number of rotatable bonds is 15. The maximum Gasteiger partial charge on any atom is 0.238 e. The van der Waals surface area contributed by atoms with E-state index in [9.17, 15) is 10.2 Å². The Hall–Kier alpha value is -6.54. The Morgan fingerprint density at radius 2 is 0.898 bits per heavy atom. The first-order valence-electron chi connectivity index (χ1n) is 32.7. The highest BCUT2D eigenvalue weighted by atomic mass is 19.1. The van der Waals surface area contributed by atoms with Crippen molar-refractivity contribution in [2.24, 2.45) is 10.8 Å². The Morgan fingerprint density at radius 3 is 1.32 bits per heavy atom. The Morgan fingerprint density at radius 1 is 0.489 bits per heavy atom. The molecule has 0 amide bonds. The number of benzene rings is 6. The maximum absolute atomic E-state index is 16.5. The lowest BCUT2D eigenvalue weighted by Gasteiger charge is -2.41. The quantitative estimate of drug-likeness (QED) is 0.0794. The zero-order chi connectivity index (χ0) is 64.2. The minimum Gasteiger partial charge on any atom is -0.709 e. The molecule has 2 N–H and O–H groups in total. The predicted octanol–water partition coefficient (Wildman–Crippen LogP) is 22.8. The summed E-state index contributed by atoms with van der Waals surface area (Å²) in [4.78, 5) is 0. The van der Waals surface area contributed by atoms with Crippen LogP contribution in [0.15, 0.2) is 84.9 Å². The van der Waals surface area contributed by atoms with Gasteiger partial charge in [-0.2, -0.15) is 0 Å². The lowest BCUT2D eigenvalue weighted by Crippen LogP contribution is -2.26. The second kappa shape index (κ2) is 23.4. The molecule has 0 fully saturated rings. The minimum atomic E-state index is -0.424. The van der Waals surface area contributed by atoms with Gasteiger partial charge in [-0.1, -0.05) is 128 Å². The van der Waals surface area contributed by atoms with E-state index in [1.165, 1.54) is 58.6 Å². The lowest BCUT2D eigenvalue weighted by atomic mass is 9.71. The summed E-state index contributed by atoms with van der Waals surface area (Å²) in [6.45, 7) is 41.8. The third-order valence-corrected chi connectivity index (χ3v) is 19.5. The molecule has 2 aliphatic rings. The second-order valence-corrected chi connectivity index (χ2v) is 31.8. The molecule has 6 aromatic carbocycles. The molecule has 2 unspecified atom stereocenters. The monoisotopic (exact) mass is 1190 g/mol. The van der Waals surface area contributed by atoms with Crippen LogP contribution in [-0.2, 0) is 50.7 Å². The van der Waals surface area contributed by atoms with Crippen LogP contribution < -0.4 is 0 Å². The van der Waals surface area contributed by atoms with Gasteiger partial charge in [0.05, 0.1) is 33.5 Å². The summed E-state index contributed by atoms with van der Waals surface area (Å²) in [6.07, 6.45) is 10.1.